The molecule has 1 saturated heterocycles. The second-order valence-electron chi connectivity index (χ2n) is 12.5. The van der Waals surface area contributed by atoms with Crippen LogP contribution in [0.15, 0.2) is 132 Å². The summed E-state index contributed by atoms with van der Waals surface area (Å²) in [5.41, 5.74) is 0.705. The fourth-order valence-electron chi connectivity index (χ4n) is 6.55. The molecule has 278 valence electrons. The second kappa shape index (κ2) is 15.4. The minimum absolute atomic E-state index is 0.0138. The summed E-state index contributed by atoms with van der Waals surface area (Å²) in [6.45, 7) is -0.977. The highest BCUT2D eigenvalue weighted by Gasteiger charge is 2.72. The van der Waals surface area contributed by atoms with Gasteiger partial charge in [-0.15, -0.1) is 0 Å². The zero-order valence-electron chi connectivity index (χ0n) is 29.0. The Hall–Kier alpha value is -7.02. The van der Waals surface area contributed by atoms with E-state index in [4.69, 9.17) is 24.7 Å². The van der Waals surface area contributed by atoms with Crippen LogP contribution >= 0.6 is 15.9 Å². The van der Waals surface area contributed by atoms with E-state index >= 15 is 4.79 Å². The molecule has 0 amide bonds. The Morgan fingerprint density at radius 1 is 0.768 bits per heavy atom. The molecule has 2 aromatic heterocycles. The second-order valence-corrected chi connectivity index (χ2v) is 13.2. The highest BCUT2D eigenvalue weighted by molar-refractivity contribution is 9.10. The molecule has 7 rings (SSSR count). The zero-order valence-corrected chi connectivity index (χ0v) is 30.6. The summed E-state index contributed by atoms with van der Waals surface area (Å²) in [5.74, 6) is -4.00. The maximum Gasteiger partial charge on any atom is 0.338 e. The normalized spacial score (nSPS) is 20.1. The average Bonchev–Trinajstić information content (AvgIpc) is 3.69. The number of nitrogens with two attached hydrogens (primary N) is 1. The van der Waals surface area contributed by atoms with E-state index in [-0.39, 0.29) is 55.6 Å². The third-order valence-electron chi connectivity index (χ3n) is 9.17. The van der Waals surface area contributed by atoms with Gasteiger partial charge in [-0.25, -0.2) is 24.4 Å². The van der Waals surface area contributed by atoms with Crippen molar-refractivity contribution in [2.45, 2.75) is 23.5 Å². The number of fused-ring (bicyclic) bond motifs is 1. The van der Waals surface area contributed by atoms with E-state index in [9.17, 15) is 24.4 Å². The maximum absolute atomic E-state index is 15.2. The quantitative estimate of drug-likeness (QED) is 0.0749. The number of ether oxygens (including phenoxy) is 4. The molecule has 1 aliphatic rings. The van der Waals surface area contributed by atoms with Gasteiger partial charge < -0.3 is 24.7 Å². The summed E-state index contributed by atoms with van der Waals surface area (Å²) in [6.07, 6.45) is -2.81. The topological polar surface area (TPSA) is 203 Å². The van der Waals surface area contributed by atoms with E-state index < -0.39 is 53.8 Å². The van der Waals surface area contributed by atoms with Gasteiger partial charge >= 0.3 is 17.9 Å². The number of nitrogen functional groups attached to an aromatic ring is 1. The monoisotopic (exact) mass is 813 g/mol. The number of carbonyl (C=O) groups is 5. The molecule has 56 heavy (non-hydrogen) atoms. The van der Waals surface area contributed by atoms with Crippen molar-refractivity contribution in [1.82, 2.24) is 14.5 Å². The first-order valence-corrected chi connectivity index (χ1v) is 17.7. The predicted molar refractivity (Wildman–Crippen MR) is 201 cm³/mol. The Labute approximate surface area is 326 Å². The van der Waals surface area contributed by atoms with E-state index in [1.54, 1.807) is 72.8 Å². The summed E-state index contributed by atoms with van der Waals surface area (Å²) in [6, 6.07) is 32.9. The standard InChI is InChI=1S/C41H28BrN5O9/c42-34-29(21-43)30-35(44)45-24-46-36(30)47(34)41(22-48)33(55-39(52)28-19-11-4-12-20-28)32(54-38(51)27-17-9-3-10-18-27)40(56-41,31(49)25-13-5-1-6-14-25)23-53-37(50)26-15-7-2-8-16-26/h1-20,22,24,32-33H,23H2,(H2,44,45,46)/t32-,33+,40-,41+/m0/s1. The van der Waals surface area contributed by atoms with Crippen molar-refractivity contribution in [3.05, 3.63) is 160 Å². The van der Waals surface area contributed by atoms with E-state index in [1.807, 2.05) is 6.07 Å². The molecule has 1 aliphatic heterocycles. The molecule has 14 nitrogen and oxygen atoms in total. The number of Topliss-reactive ketones (excluding diaryl/α,β-unsaturated/α-hetero) is 1. The smallest absolute Gasteiger partial charge is 0.338 e. The number of rotatable bonds is 11. The fraction of sp³-hybridized carbons (Fsp3) is 0.122. The number of anilines is 1. The molecule has 0 spiro atoms. The summed E-state index contributed by atoms with van der Waals surface area (Å²) < 4.78 is 25.8. The van der Waals surface area contributed by atoms with Gasteiger partial charge in [-0.05, 0) is 52.3 Å². The molecule has 1 fully saturated rings. The Bertz CT molecular complexity index is 2510. The molecule has 4 atom stereocenters. The van der Waals surface area contributed by atoms with Crippen molar-refractivity contribution in [2.24, 2.45) is 0 Å². The van der Waals surface area contributed by atoms with Crippen LogP contribution in [0.4, 0.5) is 5.82 Å². The number of halogens is 1. The lowest BCUT2D eigenvalue weighted by molar-refractivity contribution is -0.173. The molecule has 3 heterocycles. The number of nitrogens with zero attached hydrogens (tertiary/aromatic N) is 4. The van der Waals surface area contributed by atoms with Crippen LogP contribution in [0.3, 0.4) is 0 Å². The minimum atomic E-state index is -2.71. The first-order valence-electron chi connectivity index (χ1n) is 16.9. The van der Waals surface area contributed by atoms with E-state index in [0.29, 0.717) is 0 Å². The molecule has 0 aliphatic carbocycles. The number of ketones is 1. The first-order chi connectivity index (χ1) is 27.1. The third-order valence-corrected chi connectivity index (χ3v) is 9.92. The molecule has 2 N–H and O–H groups in total. The summed E-state index contributed by atoms with van der Waals surface area (Å²) in [5, 5.41) is 10.3. The van der Waals surface area contributed by atoms with Gasteiger partial charge in [0.05, 0.1) is 27.6 Å². The molecule has 0 saturated carbocycles. The van der Waals surface area contributed by atoms with Crippen LogP contribution in [0.1, 0.15) is 47.0 Å². The van der Waals surface area contributed by atoms with Crippen LogP contribution in [0.25, 0.3) is 11.0 Å². The number of esters is 3. The van der Waals surface area contributed by atoms with Gasteiger partial charge in [0.1, 0.15) is 29.4 Å². The van der Waals surface area contributed by atoms with E-state index in [2.05, 4.69) is 25.9 Å². The lowest BCUT2D eigenvalue weighted by Gasteiger charge is -2.33. The maximum atomic E-state index is 15.2. The van der Waals surface area contributed by atoms with Crippen molar-refractivity contribution in [3.8, 4) is 6.07 Å². The van der Waals surface area contributed by atoms with E-state index in [1.165, 1.54) is 48.5 Å². The predicted octanol–water partition coefficient (Wildman–Crippen LogP) is 5.46. The molecule has 15 heteroatoms. The van der Waals surface area contributed by atoms with Crippen LogP contribution in [-0.4, -0.2) is 68.9 Å². The lowest BCUT2D eigenvalue weighted by Crippen LogP contribution is -2.56. The fourth-order valence-corrected chi connectivity index (χ4v) is 7.28. The largest absolute Gasteiger partial charge is 0.458 e. The van der Waals surface area contributed by atoms with Crippen molar-refractivity contribution < 1.29 is 42.9 Å². The molecule has 6 aromatic rings. The van der Waals surface area contributed by atoms with Crippen LogP contribution < -0.4 is 5.73 Å². The van der Waals surface area contributed by atoms with Gasteiger partial charge in [-0.3, -0.25) is 14.2 Å². The highest BCUT2D eigenvalue weighted by Crippen LogP contribution is 2.50. The SMILES string of the molecule is N#Cc1c(Br)n([C@]2(C=O)O[C@@](COC(=O)c3ccccc3)(C(=O)c3ccccc3)[C@@H](OC(=O)c3ccccc3)[C@H]2OC(=O)c2ccccc2)c2ncnc(N)c12. The molecule has 4 aromatic carbocycles. The van der Waals surface area contributed by atoms with Crippen LogP contribution in [0, 0.1) is 11.3 Å². The molecule has 0 radical (unpaired) electrons. The van der Waals surface area contributed by atoms with Crippen LogP contribution in [0.2, 0.25) is 0 Å². The Morgan fingerprint density at radius 2 is 1.25 bits per heavy atom. The lowest BCUT2D eigenvalue weighted by atomic mass is 9.86. The molecule has 0 unspecified atom stereocenters. The summed E-state index contributed by atoms with van der Waals surface area (Å²) >= 11 is 3.39. The number of aromatic nitrogens is 3. The van der Waals surface area contributed by atoms with Gasteiger partial charge in [0.15, 0.2) is 24.1 Å². The van der Waals surface area contributed by atoms with Crippen LogP contribution in [0.5, 0.6) is 0 Å². The molecule has 0 bridgehead atoms. The van der Waals surface area contributed by atoms with Gasteiger partial charge in [0, 0.05) is 5.56 Å². The highest BCUT2D eigenvalue weighted by atomic mass is 79.9. The number of hydrogen-bond acceptors (Lipinski definition) is 13. The van der Waals surface area contributed by atoms with Crippen LogP contribution in [-0.2, 0) is 29.5 Å². The van der Waals surface area contributed by atoms with E-state index in [0.717, 1.165) is 10.9 Å². The number of hydrogen-bond donors (Lipinski definition) is 1. The summed E-state index contributed by atoms with van der Waals surface area (Å²) in [4.78, 5) is 79.3. The van der Waals surface area contributed by atoms with Gasteiger partial charge in [-0.2, -0.15) is 5.26 Å². The van der Waals surface area contributed by atoms with Gasteiger partial charge in [0.2, 0.25) is 17.1 Å². The Morgan fingerprint density at radius 3 is 1.75 bits per heavy atom. The number of aldehydes is 1. The van der Waals surface area contributed by atoms with Crippen molar-refractivity contribution in [2.75, 3.05) is 12.3 Å². The van der Waals surface area contributed by atoms with Gasteiger partial charge in [-0.1, -0.05) is 84.9 Å². The number of carbonyl (C=O) groups excluding carboxylic acids is 5. The minimum Gasteiger partial charge on any atom is -0.458 e. The van der Waals surface area contributed by atoms with Crippen molar-refractivity contribution >= 4 is 62.8 Å². The van der Waals surface area contributed by atoms with Gasteiger partial charge in [0.25, 0.3) is 0 Å². The summed E-state index contributed by atoms with van der Waals surface area (Å²) in [7, 11) is 0. The van der Waals surface area contributed by atoms with Crippen molar-refractivity contribution in [1.29, 1.82) is 5.26 Å². The molecular formula is C41H28BrN5O9. The Kier molecular flexibility index (Phi) is 10.2. The zero-order chi connectivity index (χ0) is 39.5. The van der Waals surface area contributed by atoms with Crippen molar-refractivity contribution in [3.63, 3.8) is 0 Å². The number of benzene rings is 4. The third kappa shape index (κ3) is 6.46. The number of nitriles is 1. The molecular weight excluding hydrogens is 786 g/mol. The first kappa shape index (κ1) is 37.3. The Balaban J connectivity index is 1.52. The average molecular weight is 815 g/mol.